The van der Waals surface area contributed by atoms with Gasteiger partial charge in [0.25, 0.3) is 0 Å². The molecule has 0 saturated carbocycles. The summed E-state index contributed by atoms with van der Waals surface area (Å²) in [6.07, 6.45) is -0.894. The number of ether oxygens (including phenoxy) is 4. The molecule has 0 aliphatic heterocycles. The Labute approximate surface area is 252 Å². The van der Waals surface area contributed by atoms with E-state index < -0.39 is 30.5 Å². The summed E-state index contributed by atoms with van der Waals surface area (Å²) in [6, 6.07) is 17.1. The van der Waals surface area contributed by atoms with Crippen LogP contribution in [0.2, 0.25) is 0 Å². The molecule has 4 N–H and O–H groups in total. The van der Waals surface area contributed by atoms with Gasteiger partial charge >= 0.3 is 24.1 Å². The van der Waals surface area contributed by atoms with Crippen molar-refractivity contribution < 1.29 is 46.5 Å². The van der Waals surface area contributed by atoms with Crippen LogP contribution in [0.25, 0.3) is 6.08 Å². The Morgan fingerprint density at radius 1 is 0.682 bits per heavy atom. The fourth-order valence-electron chi connectivity index (χ4n) is 3.78. The summed E-state index contributed by atoms with van der Waals surface area (Å²) >= 11 is 0. The van der Waals surface area contributed by atoms with Crippen molar-refractivity contribution in [3.8, 4) is 11.5 Å². The van der Waals surface area contributed by atoms with E-state index in [-0.39, 0.29) is 31.8 Å². The number of halogens is 3. The molecule has 0 atom stereocenters. The Hall–Kier alpha value is -5.00. The molecule has 234 valence electrons. The first-order valence-corrected chi connectivity index (χ1v) is 13.8. The topological polar surface area (TPSA) is 140 Å². The SMILES string of the molecule is Nc1cc(N)cc(C(=O)OCCCOC(=O)/C=C/c2ccc(OC(=O)c3ccc(OCCCCCC(F)(F)F)cc3)cc2)c1. The van der Waals surface area contributed by atoms with Crippen molar-refractivity contribution >= 4 is 35.4 Å². The number of benzene rings is 3. The number of nitrogens with two attached hydrogens (primary N) is 2. The largest absolute Gasteiger partial charge is 0.494 e. The Morgan fingerprint density at radius 3 is 1.98 bits per heavy atom. The van der Waals surface area contributed by atoms with Crippen LogP contribution in [0.1, 0.15) is 58.4 Å². The van der Waals surface area contributed by atoms with Gasteiger partial charge in [-0.1, -0.05) is 12.1 Å². The average Bonchev–Trinajstić information content (AvgIpc) is 2.97. The molecule has 0 bridgehead atoms. The number of esters is 3. The molecule has 0 amide bonds. The molecular formula is C32H33F3N2O7. The lowest BCUT2D eigenvalue weighted by atomic mass is 10.2. The Bertz CT molecular complexity index is 1400. The molecule has 0 unspecified atom stereocenters. The van der Waals surface area contributed by atoms with Crippen molar-refractivity contribution in [2.75, 3.05) is 31.3 Å². The Balaban J connectivity index is 1.33. The van der Waals surface area contributed by atoms with Gasteiger partial charge in [0.1, 0.15) is 11.5 Å². The molecule has 0 aromatic heterocycles. The van der Waals surface area contributed by atoms with E-state index in [9.17, 15) is 27.6 Å². The van der Waals surface area contributed by atoms with Crippen molar-refractivity contribution in [3.05, 3.63) is 89.5 Å². The summed E-state index contributed by atoms with van der Waals surface area (Å²) in [7, 11) is 0. The summed E-state index contributed by atoms with van der Waals surface area (Å²) in [6.45, 7) is 0.363. The van der Waals surface area contributed by atoms with Gasteiger partial charge in [0.05, 0.1) is 30.9 Å². The molecule has 12 heteroatoms. The third-order valence-electron chi connectivity index (χ3n) is 5.95. The standard InChI is InChI=1S/C32H33F3N2O7/c33-32(34,35)15-2-1-3-16-41-27-12-8-23(9-13-27)31(40)44-28-10-5-22(6-11-28)7-14-29(38)42-17-4-18-43-30(39)24-19-25(36)21-26(37)20-24/h5-14,19-21H,1-4,15-18,36-37H2/b14-7+. The van der Waals surface area contributed by atoms with Crippen LogP contribution in [0.15, 0.2) is 72.8 Å². The summed E-state index contributed by atoms with van der Waals surface area (Å²) in [4.78, 5) is 36.5. The molecule has 0 heterocycles. The number of unbranched alkanes of at least 4 members (excludes halogenated alkanes) is 2. The van der Waals surface area contributed by atoms with E-state index in [1.807, 2.05) is 0 Å². The predicted molar refractivity (Wildman–Crippen MR) is 158 cm³/mol. The maximum absolute atomic E-state index is 12.5. The lowest BCUT2D eigenvalue weighted by molar-refractivity contribution is -0.138. The number of hydrogen-bond donors (Lipinski definition) is 2. The molecule has 0 spiro atoms. The van der Waals surface area contributed by atoms with Gasteiger partial charge in [-0.2, -0.15) is 13.2 Å². The van der Waals surface area contributed by atoms with E-state index in [1.165, 1.54) is 42.5 Å². The van der Waals surface area contributed by atoms with Crippen LogP contribution in [-0.2, 0) is 14.3 Å². The number of rotatable bonds is 15. The molecule has 3 aromatic carbocycles. The normalized spacial score (nSPS) is 11.2. The molecule has 0 radical (unpaired) electrons. The highest BCUT2D eigenvalue weighted by Crippen LogP contribution is 2.23. The highest BCUT2D eigenvalue weighted by atomic mass is 19.4. The lowest BCUT2D eigenvalue weighted by Crippen LogP contribution is -2.10. The van der Waals surface area contributed by atoms with E-state index in [4.69, 9.17) is 30.4 Å². The van der Waals surface area contributed by atoms with E-state index in [0.29, 0.717) is 53.3 Å². The molecule has 0 fully saturated rings. The van der Waals surface area contributed by atoms with Crippen LogP contribution in [0, 0.1) is 0 Å². The first kappa shape index (κ1) is 33.5. The van der Waals surface area contributed by atoms with Gasteiger partial charge in [0.15, 0.2) is 0 Å². The minimum atomic E-state index is -4.14. The third kappa shape index (κ3) is 12.5. The maximum Gasteiger partial charge on any atom is 0.389 e. The monoisotopic (exact) mass is 614 g/mol. The average molecular weight is 615 g/mol. The second-order valence-corrected chi connectivity index (χ2v) is 9.64. The minimum absolute atomic E-state index is 0.0413. The van der Waals surface area contributed by atoms with Gasteiger partial charge in [-0.3, -0.25) is 0 Å². The zero-order valence-corrected chi connectivity index (χ0v) is 23.8. The van der Waals surface area contributed by atoms with Gasteiger partial charge in [-0.15, -0.1) is 0 Å². The Kier molecular flexibility index (Phi) is 12.6. The number of carbonyl (C=O) groups is 3. The number of hydrogen-bond acceptors (Lipinski definition) is 9. The number of nitrogen functional groups attached to an aromatic ring is 2. The molecule has 3 rings (SSSR count). The second-order valence-electron chi connectivity index (χ2n) is 9.64. The second kappa shape index (κ2) is 16.6. The molecule has 0 aliphatic carbocycles. The molecule has 9 nitrogen and oxygen atoms in total. The quantitative estimate of drug-likeness (QED) is 0.0656. The van der Waals surface area contributed by atoms with Crippen molar-refractivity contribution in [1.29, 1.82) is 0 Å². The third-order valence-corrected chi connectivity index (χ3v) is 5.95. The van der Waals surface area contributed by atoms with Crippen LogP contribution in [-0.4, -0.2) is 43.9 Å². The zero-order valence-electron chi connectivity index (χ0n) is 23.8. The molecule has 0 saturated heterocycles. The molecule has 0 aliphatic rings. The maximum atomic E-state index is 12.5. The summed E-state index contributed by atoms with van der Waals surface area (Å²) < 4.78 is 57.6. The molecule has 3 aromatic rings. The fraction of sp³-hybridized carbons (Fsp3) is 0.281. The predicted octanol–water partition coefficient (Wildman–Crippen LogP) is 6.38. The van der Waals surface area contributed by atoms with Crippen molar-refractivity contribution in [3.63, 3.8) is 0 Å². The zero-order chi connectivity index (χ0) is 32.0. The van der Waals surface area contributed by atoms with Crippen molar-refractivity contribution in [2.24, 2.45) is 0 Å². The highest BCUT2D eigenvalue weighted by molar-refractivity contribution is 5.92. The van der Waals surface area contributed by atoms with Crippen molar-refractivity contribution in [2.45, 2.75) is 38.3 Å². The van der Waals surface area contributed by atoms with E-state index in [1.54, 1.807) is 36.4 Å². The minimum Gasteiger partial charge on any atom is -0.494 e. The molecule has 44 heavy (non-hydrogen) atoms. The van der Waals surface area contributed by atoms with E-state index in [2.05, 4.69) is 0 Å². The van der Waals surface area contributed by atoms with Gasteiger partial charge in [-0.25, -0.2) is 14.4 Å². The number of carbonyl (C=O) groups excluding carboxylic acids is 3. The first-order valence-electron chi connectivity index (χ1n) is 13.8. The van der Waals surface area contributed by atoms with Gasteiger partial charge in [-0.05, 0) is 85.5 Å². The summed E-state index contributed by atoms with van der Waals surface area (Å²) in [5.41, 5.74) is 13.2. The Morgan fingerprint density at radius 2 is 1.32 bits per heavy atom. The smallest absolute Gasteiger partial charge is 0.389 e. The van der Waals surface area contributed by atoms with Crippen LogP contribution in [0.5, 0.6) is 11.5 Å². The highest BCUT2D eigenvalue weighted by Gasteiger charge is 2.25. The van der Waals surface area contributed by atoms with E-state index in [0.717, 1.165) is 0 Å². The summed E-state index contributed by atoms with van der Waals surface area (Å²) in [5.74, 6) is -0.953. The van der Waals surface area contributed by atoms with Gasteiger partial charge < -0.3 is 30.4 Å². The van der Waals surface area contributed by atoms with Crippen LogP contribution >= 0.6 is 0 Å². The van der Waals surface area contributed by atoms with Crippen molar-refractivity contribution in [1.82, 2.24) is 0 Å². The molecular weight excluding hydrogens is 581 g/mol. The van der Waals surface area contributed by atoms with Crippen LogP contribution in [0.4, 0.5) is 24.5 Å². The van der Waals surface area contributed by atoms with Gasteiger partial charge in [0, 0.05) is 30.3 Å². The van der Waals surface area contributed by atoms with Gasteiger partial charge in [0.2, 0.25) is 0 Å². The number of alkyl halides is 3. The number of anilines is 2. The van der Waals surface area contributed by atoms with Crippen LogP contribution < -0.4 is 20.9 Å². The summed E-state index contributed by atoms with van der Waals surface area (Å²) in [5, 5.41) is 0. The fourth-order valence-corrected chi connectivity index (χ4v) is 3.78. The van der Waals surface area contributed by atoms with Crippen LogP contribution in [0.3, 0.4) is 0 Å². The van der Waals surface area contributed by atoms with E-state index >= 15 is 0 Å². The lowest BCUT2D eigenvalue weighted by Gasteiger charge is -2.08. The first-order chi connectivity index (χ1) is 21.0.